The van der Waals surface area contributed by atoms with E-state index in [9.17, 15) is 0 Å². The normalized spacial score (nSPS) is 20.5. The van der Waals surface area contributed by atoms with E-state index in [0.717, 1.165) is 25.1 Å². The molecule has 3 rings (SSSR count). The van der Waals surface area contributed by atoms with Crippen LogP contribution in [0.4, 0.5) is 0 Å². The Labute approximate surface area is 116 Å². The van der Waals surface area contributed by atoms with Crippen molar-refractivity contribution in [2.75, 3.05) is 13.2 Å². The van der Waals surface area contributed by atoms with Gasteiger partial charge in [0.05, 0.1) is 6.10 Å². The molecule has 104 valence electrons. The van der Waals surface area contributed by atoms with Crippen molar-refractivity contribution in [3.05, 3.63) is 35.4 Å². The third kappa shape index (κ3) is 4.05. The SMILES string of the molecule is Cc1ccccc1C(CNC1CC1)OCCC1CC1. The van der Waals surface area contributed by atoms with Gasteiger partial charge >= 0.3 is 0 Å². The number of ether oxygens (including phenoxy) is 1. The third-order valence-electron chi connectivity index (χ3n) is 4.25. The van der Waals surface area contributed by atoms with Crippen LogP contribution in [-0.2, 0) is 4.74 Å². The van der Waals surface area contributed by atoms with Crippen molar-refractivity contribution in [2.24, 2.45) is 5.92 Å². The van der Waals surface area contributed by atoms with E-state index in [-0.39, 0.29) is 6.10 Å². The summed E-state index contributed by atoms with van der Waals surface area (Å²) in [5, 5.41) is 3.61. The Morgan fingerprint density at radius 1 is 1.21 bits per heavy atom. The maximum Gasteiger partial charge on any atom is 0.0951 e. The van der Waals surface area contributed by atoms with Gasteiger partial charge in [-0.1, -0.05) is 37.1 Å². The molecule has 1 atom stereocenters. The Morgan fingerprint density at radius 2 is 2.00 bits per heavy atom. The van der Waals surface area contributed by atoms with E-state index in [1.165, 1.54) is 43.2 Å². The highest BCUT2D eigenvalue weighted by Crippen LogP contribution is 2.33. The van der Waals surface area contributed by atoms with Crippen molar-refractivity contribution in [3.63, 3.8) is 0 Å². The fourth-order valence-corrected chi connectivity index (χ4v) is 2.55. The molecule has 1 N–H and O–H groups in total. The van der Waals surface area contributed by atoms with Crippen molar-refractivity contribution in [2.45, 2.75) is 51.2 Å². The molecule has 2 nitrogen and oxygen atoms in total. The highest BCUT2D eigenvalue weighted by Gasteiger charge is 2.24. The van der Waals surface area contributed by atoms with E-state index >= 15 is 0 Å². The van der Waals surface area contributed by atoms with Gasteiger partial charge in [0.2, 0.25) is 0 Å². The summed E-state index contributed by atoms with van der Waals surface area (Å²) in [6, 6.07) is 9.37. The van der Waals surface area contributed by atoms with Gasteiger partial charge in [0.15, 0.2) is 0 Å². The Bertz CT molecular complexity index is 409. The van der Waals surface area contributed by atoms with Crippen LogP contribution in [0.5, 0.6) is 0 Å². The van der Waals surface area contributed by atoms with E-state index < -0.39 is 0 Å². The number of hydrogen-bond acceptors (Lipinski definition) is 2. The number of hydrogen-bond donors (Lipinski definition) is 1. The van der Waals surface area contributed by atoms with Crippen LogP contribution in [0.15, 0.2) is 24.3 Å². The molecular formula is C17H25NO. The zero-order valence-corrected chi connectivity index (χ0v) is 11.9. The molecule has 0 aromatic heterocycles. The average molecular weight is 259 g/mol. The summed E-state index contributed by atoms with van der Waals surface area (Å²) in [4.78, 5) is 0. The lowest BCUT2D eigenvalue weighted by molar-refractivity contribution is 0.0479. The van der Waals surface area contributed by atoms with Crippen molar-refractivity contribution in [3.8, 4) is 0 Å². The first-order valence-electron chi connectivity index (χ1n) is 7.73. The molecule has 1 aromatic carbocycles. The minimum Gasteiger partial charge on any atom is -0.372 e. The quantitative estimate of drug-likeness (QED) is 0.770. The second-order valence-electron chi connectivity index (χ2n) is 6.13. The van der Waals surface area contributed by atoms with Gasteiger partial charge in [0.25, 0.3) is 0 Å². The van der Waals surface area contributed by atoms with Crippen LogP contribution in [0.25, 0.3) is 0 Å². The molecular weight excluding hydrogens is 234 g/mol. The van der Waals surface area contributed by atoms with Crippen molar-refractivity contribution < 1.29 is 4.74 Å². The van der Waals surface area contributed by atoms with Gasteiger partial charge < -0.3 is 10.1 Å². The lowest BCUT2D eigenvalue weighted by atomic mass is 10.0. The van der Waals surface area contributed by atoms with E-state index in [4.69, 9.17) is 4.74 Å². The fourth-order valence-electron chi connectivity index (χ4n) is 2.55. The highest BCUT2D eigenvalue weighted by atomic mass is 16.5. The molecule has 0 bridgehead atoms. The molecule has 0 aliphatic heterocycles. The molecule has 2 fully saturated rings. The van der Waals surface area contributed by atoms with Gasteiger partial charge in [0.1, 0.15) is 0 Å². The standard InChI is InChI=1S/C17H25NO/c1-13-4-2-3-5-16(13)17(12-18-15-8-9-15)19-11-10-14-6-7-14/h2-5,14-15,17-18H,6-12H2,1H3. The monoisotopic (exact) mass is 259 g/mol. The topological polar surface area (TPSA) is 21.3 Å². The van der Waals surface area contributed by atoms with Crippen LogP contribution in [-0.4, -0.2) is 19.2 Å². The predicted molar refractivity (Wildman–Crippen MR) is 78.2 cm³/mol. The number of nitrogens with one attached hydrogen (secondary N) is 1. The van der Waals surface area contributed by atoms with Gasteiger partial charge in [-0.2, -0.15) is 0 Å². The largest absolute Gasteiger partial charge is 0.372 e. The van der Waals surface area contributed by atoms with E-state index in [1.54, 1.807) is 0 Å². The summed E-state index contributed by atoms with van der Waals surface area (Å²) in [6.45, 7) is 4.06. The molecule has 0 amide bonds. The maximum absolute atomic E-state index is 6.18. The second kappa shape index (κ2) is 6.06. The Morgan fingerprint density at radius 3 is 2.68 bits per heavy atom. The first-order chi connectivity index (χ1) is 9.33. The molecule has 2 saturated carbocycles. The zero-order chi connectivity index (χ0) is 13.1. The summed E-state index contributed by atoms with van der Waals surface area (Å²) >= 11 is 0. The Hall–Kier alpha value is -0.860. The number of benzene rings is 1. The smallest absolute Gasteiger partial charge is 0.0951 e. The molecule has 2 heteroatoms. The van der Waals surface area contributed by atoms with Gasteiger partial charge in [-0.25, -0.2) is 0 Å². The van der Waals surface area contributed by atoms with Gasteiger partial charge in [-0.05, 0) is 43.2 Å². The summed E-state index contributed by atoms with van der Waals surface area (Å²) < 4.78 is 6.18. The summed E-state index contributed by atoms with van der Waals surface area (Å²) in [5.41, 5.74) is 2.70. The average Bonchev–Trinajstić information content (AvgIpc) is 3.28. The van der Waals surface area contributed by atoms with E-state index in [1.807, 2.05) is 0 Å². The minimum atomic E-state index is 0.223. The van der Waals surface area contributed by atoms with Crippen molar-refractivity contribution in [1.82, 2.24) is 5.32 Å². The first kappa shape index (κ1) is 13.1. The van der Waals surface area contributed by atoms with E-state index in [2.05, 4.69) is 36.5 Å². The molecule has 0 heterocycles. The second-order valence-corrected chi connectivity index (χ2v) is 6.13. The summed E-state index contributed by atoms with van der Waals surface area (Å²) in [7, 11) is 0. The fraction of sp³-hybridized carbons (Fsp3) is 0.647. The number of rotatable bonds is 8. The molecule has 19 heavy (non-hydrogen) atoms. The Balaban J connectivity index is 1.57. The van der Waals surface area contributed by atoms with Crippen LogP contribution < -0.4 is 5.32 Å². The minimum absolute atomic E-state index is 0.223. The Kier molecular flexibility index (Phi) is 4.19. The number of aryl methyl sites for hydroxylation is 1. The first-order valence-corrected chi connectivity index (χ1v) is 7.73. The molecule has 1 aromatic rings. The van der Waals surface area contributed by atoms with Crippen LogP contribution in [0.1, 0.15) is 49.3 Å². The lowest BCUT2D eigenvalue weighted by Gasteiger charge is -2.21. The molecule has 0 spiro atoms. The van der Waals surface area contributed by atoms with Crippen LogP contribution >= 0.6 is 0 Å². The van der Waals surface area contributed by atoms with Crippen LogP contribution in [0, 0.1) is 12.8 Å². The maximum atomic E-state index is 6.18. The summed E-state index contributed by atoms with van der Waals surface area (Å²) in [6.07, 6.45) is 6.97. The molecule has 1 unspecified atom stereocenters. The summed E-state index contributed by atoms with van der Waals surface area (Å²) in [5.74, 6) is 0.953. The van der Waals surface area contributed by atoms with E-state index in [0.29, 0.717) is 0 Å². The van der Waals surface area contributed by atoms with Gasteiger partial charge in [-0.3, -0.25) is 0 Å². The van der Waals surface area contributed by atoms with Crippen molar-refractivity contribution in [1.29, 1.82) is 0 Å². The third-order valence-corrected chi connectivity index (χ3v) is 4.25. The van der Waals surface area contributed by atoms with Crippen LogP contribution in [0.3, 0.4) is 0 Å². The van der Waals surface area contributed by atoms with Gasteiger partial charge in [0, 0.05) is 19.2 Å². The molecule has 2 aliphatic carbocycles. The van der Waals surface area contributed by atoms with Crippen molar-refractivity contribution >= 4 is 0 Å². The lowest BCUT2D eigenvalue weighted by Crippen LogP contribution is -2.26. The molecule has 2 aliphatic rings. The predicted octanol–water partition coefficient (Wildman–Crippen LogP) is 3.60. The zero-order valence-electron chi connectivity index (χ0n) is 11.9. The van der Waals surface area contributed by atoms with Gasteiger partial charge in [-0.15, -0.1) is 0 Å². The molecule has 0 radical (unpaired) electrons. The van der Waals surface area contributed by atoms with Crippen LogP contribution in [0.2, 0.25) is 0 Å². The highest BCUT2D eigenvalue weighted by molar-refractivity contribution is 5.28. The molecule has 0 saturated heterocycles.